The quantitative estimate of drug-likeness (QED) is 0.771. The monoisotopic (exact) mass is 413 g/mol. The van der Waals surface area contributed by atoms with Crippen molar-refractivity contribution in [3.05, 3.63) is 81.9 Å². The average molecular weight is 414 g/mol. The largest absolute Gasteiger partial charge is 0.374 e. The molecule has 28 heavy (non-hydrogen) atoms. The van der Waals surface area contributed by atoms with E-state index in [1.54, 1.807) is 6.20 Å². The van der Waals surface area contributed by atoms with E-state index in [1.807, 2.05) is 24.3 Å². The third-order valence-corrected chi connectivity index (χ3v) is 5.97. The molecule has 2 aliphatic heterocycles. The number of carbonyl (C=O) groups excluding carboxylic acids is 2. The van der Waals surface area contributed by atoms with E-state index in [2.05, 4.69) is 45.4 Å². The minimum absolute atomic E-state index is 0.125. The molecule has 1 N–H and O–H groups in total. The van der Waals surface area contributed by atoms with E-state index >= 15 is 0 Å². The molecule has 144 valence electrons. The van der Waals surface area contributed by atoms with Gasteiger partial charge in [-0.25, -0.2) is 0 Å². The number of benzene rings is 2. The summed E-state index contributed by atoms with van der Waals surface area (Å²) in [6.07, 6.45) is 1.80. The number of hydrogen-bond acceptors (Lipinski definition) is 5. The van der Waals surface area contributed by atoms with Crippen LogP contribution in [0.3, 0.4) is 0 Å². The Morgan fingerprint density at radius 2 is 1.68 bits per heavy atom. The van der Waals surface area contributed by atoms with Crippen molar-refractivity contribution < 1.29 is 9.59 Å². The van der Waals surface area contributed by atoms with Crippen molar-refractivity contribution in [1.82, 2.24) is 15.1 Å². The van der Waals surface area contributed by atoms with Gasteiger partial charge in [0.2, 0.25) is 0 Å². The zero-order chi connectivity index (χ0) is 19.5. The Morgan fingerprint density at radius 1 is 0.964 bits per heavy atom. The lowest BCUT2D eigenvalue weighted by molar-refractivity contribution is -0.115. The number of piperazine rings is 1. The maximum absolute atomic E-state index is 11.8. The molecule has 5 nitrogen and oxygen atoms in total. The number of amides is 2. The smallest absolute Gasteiger partial charge is 0.290 e. The van der Waals surface area contributed by atoms with Crippen LogP contribution in [0.25, 0.3) is 0 Å². The van der Waals surface area contributed by atoms with Gasteiger partial charge in [-0.1, -0.05) is 54.1 Å². The van der Waals surface area contributed by atoms with Crippen LogP contribution in [0.5, 0.6) is 0 Å². The molecule has 7 heteroatoms. The summed E-state index contributed by atoms with van der Waals surface area (Å²) in [4.78, 5) is 28.1. The van der Waals surface area contributed by atoms with Crippen molar-refractivity contribution in [2.24, 2.45) is 0 Å². The highest BCUT2D eigenvalue weighted by atomic mass is 35.5. The molecule has 2 heterocycles. The molecule has 0 saturated carbocycles. The fourth-order valence-electron chi connectivity index (χ4n) is 3.63. The van der Waals surface area contributed by atoms with Crippen LogP contribution in [0.2, 0.25) is 5.02 Å². The van der Waals surface area contributed by atoms with Gasteiger partial charge in [-0.15, -0.1) is 0 Å². The van der Waals surface area contributed by atoms with Crippen molar-refractivity contribution >= 4 is 34.5 Å². The van der Waals surface area contributed by atoms with E-state index in [1.165, 1.54) is 11.1 Å². The molecule has 0 aliphatic carbocycles. The number of nitrogens with zero attached hydrogens (tertiary/aromatic N) is 2. The zero-order valence-corrected chi connectivity index (χ0v) is 16.7. The second-order valence-electron chi connectivity index (χ2n) is 6.78. The van der Waals surface area contributed by atoms with Gasteiger partial charge in [-0.05, 0) is 35.0 Å². The Kier molecular flexibility index (Phi) is 5.71. The van der Waals surface area contributed by atoms with Gasteiger partial charge >= 0.3 is 0 Å². The lowest BCUT2D eigenvalue weighted by atomic mass is 9.96. The first-order valence-corrected chi connectivity index (χ1v) is 10.3. The molecule has 0 bridgehead atoms. The summed E-state index contributed by atoms with van der Waals surface area (Å²) in [6, 6.07) is 18.6. The number of hydrogen-bond donors (Lipinski definition) is 1. The average Bonchev–Trinajstić information content (AvgIpc) is 3.01. The molecule has 0 spiro atoms. The van der Waals surface area contributed by atoms with Gasteiger partial charge in [-0.2, -0.15) is 0 Å². The first-order valence-electron chi connectivity index (χ1n) is 9.13. The van der Waals surface area contributed by atoms with Gasteiger partial charge < -0.3 is 4.90 Å². The van der Waals surface area contributed by atoms with Crippen LogP contribution in [0, 0.1) is 0 Å². The first kappa shape index (κ1) is 19.1. The lowest BCUT2D eigenvalue weighted by Crippen LogP contribution is -2.46. The van der Waals surface area contributed by atoms with Crippen molar-refractivity contribution in [2.45, 2.75) is 6.04 Å². The van der Waals surface area contributed by atoms with Crippen LogP contribution in [-0.4, -0.2) is 47.1 Å². The highest BCUT2D eigenvalue weighted by molar-refractivity contribution is 8.18. The number of imide groups is 1. The van der Waals surface area contributed by atoms with Crippen molar-refractivity contribution in [3.63, 3.8) is 0 Å². The molecule has 2 fully saturated rings. The molecule has 1 unspecified atom stereocenters. The molecule has 0 radical (unpaired) electrons. The SMILES string of the molecule is O=C1NC(=O)/C(=C/N2CCN(C(c3ccccc3)c3cccc(Cl)c3)CC2)S1. The molecule has 4 rings (SSSR count). The van der Waals surface area contributed by atoms with Crippen LogP contribution in [-0.2, 0) is 4.79 Å². The topological polar surface area (TPSA) is 52.7 Å². The molecule has 2 aromatic rings. The van der Waals surface area contributed by atoms with E-state index in [0.29, 0.717) is 4.91 Å². The number of thioether (sulfide) groups is 1. The van der Waals surface area contributed by atoms with E-state index < -0.39 is 0 Å². The molecule has 0 aromatic heterocycles. The summed E-state index contributed by atoms with van der Waals surface area (Å²) >= 11 is 7.22. The Balaban J connectivity index is 1.52. The van der Waals surface area contributed by atoms with Gasteiger partial charge in [-0.3, -0.25) is 19.8 Å². The van der Waals surface area contributed by atoms with Crippen LogP contribution in [0.15, 0.2) is 65.7 Å². The van der Waals surface area contributed by atoms with Crippen LogP contribution >= 0.6 is 23.4 Å². The van der Waals surface area contributed by atoms with E-state index in [0.717, 1.165) is 43.0 Å². The van der Waals surface area contributed by atoms with Crippen molar-refractivity contribution in [1.29, 1.82) is 0 Å². The third kappa shape index (κ3) is 4.24. The second-order valence-corrected chi connectivity index (χ2v) is 8.23. The number of rotatable bonds is 4. The fraction of sp³-hybridized carbons (Fsp3) is 0.238. The summed E-state index contributed by atoms with van der Waals surface area (Å²) in [5, 5.41) is 2.73. The van der Waals surface area contributed by atoms with E-state index in [4.69, 9.17) is 11.6 Å². The predicted molar refractivity (Wildman–Crippen MR) is 112 cm³/mol. The lowest BCUT2D eigenvalue weighted by Gasteiger charge is -2.39. The summed E-state index contributed by atoms with van der Waals surface area (Å²) in [6.45, 7) is 3.26. The highest BCUT2D eigenvalue weighted by Crippen LogP contribution is 2.31. The summed E-state index contributed by atoms with van der Waals surface area (Å²) < 4.78 is 0. The Hall–Kier alpha value is -2.28. The fourth-order valence-corrected chi connectivity index (χ4v) is 4.52. The highest BCUT2D eigenvalue weighted by Gasteiger charge is 2.29. The summed E-state index contributed by atoms with van der Waals surface area (Å²) in [7, 11) is 0. The van der Waals surface area contributed by atoms with Gasteiger partial charge in [0.1, 0.15) is 0 Å². The van der Waals surface area contributed by atoms with Crippen LogP contribution < -0.4 is 5.32 Å². The molecular formula is C21H20ClN3O2S. The molecule has 2 aromatic carbocycles. The van der Waals surface area contributed by atoms with Gasteiger partial charge in [0.15, 0.2) is 0 Å². The van der Waals surface area contributed by atoms with E-state index in [-0.39, 0.29) is 17.2 Å². The first-order chi connectivity index (χ1) is 13.6. The van der Waals surface area contributed by atoms with Crippen molar-refractivity contribution in [3.8, 4) is 0 Å². The predicted octanol–water partition coefficient (Wildman–Crippen LogP) is 3.87. The molecular weight excluding hydrogens is 394 g/mol. The molecule has 2 saturated heterocycles. The Bertz CT molecular complexity index is 911. The second kappa shape index (κ2) is 8.39. The third-order valence-electron chi connectivity index (χ3n) is 4.94. The van der Waals surface area contributed by atoms with Gasteiger partial charge in [0.25, 0.3) is 11.1 Å². The molecule has 2 aliphatic rings. The Morgan fingerprint density at radius 3 is 2.32 bits per heavy atom. The summed E-state index contributed by atoms with van der Waals surface area (Å²) in [5.41, 5.74) is 2.40. The number of nitrogens with one attached hydrogen (secondary N) is 1. The summed E-state index contributed by atoms with van der Waals surface area (Å²) in [5.74, 6) is -0.307. The van der Waals surface area contributed by atoms with Gasteiger partial charge in [0, 0.05) is 37.4 Å². The Labute approximate surface area is 173 Å². The van der Waals surface area contributed by atoms with Crippen LogP contribution in [0.1, 0.15) is 17.2 Å². The van der Waals surface area contributed by atoms with Crippen molar-refractivity contribution in [2.75, 3.05) is 26.2 Å². The maximum atomic E-state index is 11.8. The number of halogens is 1. The maximum Gasteiger partial charge on any atom is 0.290 e. The van der Waals surface area contributed by atoms with Crippen LogP contribution in [0.4, 0.5) is 4.79 Å². The van der Waals surface area contributed by atoms with E-state index in [9.17, 15) is 9.59 Å². The minimum Gasteiger partial charge on any atom is -0.374 e. The normalized spacial score (nSPS) is 20.5. The minimum atomic E-state index is -0.307. The molecule has 1 atom stereocenters. The molecule has 2 amide bonds. The van der Waals surface area contributed by atoms with Gasteiger partial charge in [0.05, 0.1) is 10.9 Å². The number of carbonyl (C=O) groups is 2. The standard InChI is InChI=1S/C21H20ClN3O2S/c22-17-8-4-7-16(13-17)19(15-5-2-1-3-6-15)25-11-9-24(10-12-25)14-18-20(26)23-21(27)28-18/h1-8,13-14,19H,9-12H2,(H,23,26,27)/b18-14-. The zero-order valence-electron chi connectivity index (χ0n) is 15.2.